The summed E-state index contributed by atoms with van der Waals surface area (Å²) in [6, 6.07) is 27.6. The van der Waals surface area contributed by atoms with E-state index >= 15 is 0 Å². The van der Waals surface area contributed by atoms with Crippen LogP contribution in [0.2, 0.25) is 0 Å². The average molecular weight is 770 g/mol. The van der Waals surface area contributed by atoms with Gasteiger partial charge in [0.25, 0.3) is 5.56 Å². The summed E-state index contributed by atoms with van der Waals surface area (Å²) < 4.78 is 20.8. The molecule has 6 aromatic rings. The van der Waals surface area contributed by atoms with Crippen molar-refractivity contribution < 1.29 is 14.2 Å². The Kier molecular flexibility index (Phi) is 9.99. The van der Waals surface area contributed by atoms with Crippen LogP contribution in [0.3, 0.4) is 0 Å². The lowest BCUT2D eigenvalue weighted by molar-refractivity contribution is 0.283. The quantitative estimate of drug-likeness (QED) is 0.130. The van der Waals surface area contributed by atoms with Crippen LogP contribution in [-0.2, 0) is 6.61 Å². The Balaban J connectivity index is 1.43. The van der Waals surface area contributed by atoms with Gasteiger partial charge in [-0.3, -0.25) is 4.79 Å². The largest absolute Gasteiger partial charge is 0.494 e. The van der Waals surface area contributed by atoms with E-state index in [1.54, 1.807) is 19.4 Å². The molecular weight excluding hydrogens is 734 g/mol. The molecule has 1 aromatic heterocycles. The van der Waals surface area contributed by atoms with Gasteiger partial charge in [0.2, 0.25) is 0 Å². The molecule has 48 heavy (non-hydrogen) atoms. The first-order chi connectivity index (χ1) is 23.2. The number of aryl methyl sites for hydroxylation is 1. The van der Waals surface area contributed by atoms with Gasteiger partial charge in [-0.2, -0.15) is 9.78 Å². The van der Waals surface area contributed by atoms with E-state index in [-0.39, 0.29) is 11.5 Å². The predicted octanol–water partition coefficient (Wildman–Crippen LogP) is 10.0. The van der Waals surface area contributed by atoms with Crippen LogP contribution >= 0.6 is 31.9 Å². The maximum atomic E-state index is 14.0. The van der Waals surface area contributed by atoms with E-state index in [9.17, 15) is 4.79 Å². The van der Waals surface area contributed by atoms with Gasteiger partial charge in [0.15, 0.2) is 17.3 Å². The summed E-state index contributed by atoms with van der Waals surface area (Å²) >= 11 is 7.44. The Morgan fingerprint density at radius 1 is 0.896 bits per heavy atom. The molecule has 7 nitrogen and oxygen atoms in total. The molecule has 244 valence electrons. The predicted molar refractivity (Wildman–Crippen MR) is 201 cm³/mol. The van der Waals surface area contributed by atoms with Crippen molar-refractivity contribution in [3.63, 3.8) is 0 Å². The third kappa shape index (κ3) is 6.49. The Labute approximate surface area is 296 Å². The Hall–Kier alpha value is -4.47. The summed E-state index contributed by atoms with van der Waals surface area (Å²) in [4.78, 5) is 19.0. The zero-order chi connectivity index (χ0) is 33.9. The van der Waals surface area contributed by atoms with Gasteiger partial charge in [-0.1, -0.05) is 68.4 Å². The number of ether oxygens (including phenoxy) is 3. The first-order valence-electron chi connectivity index (χ1n) is 15.7. The molecule has 0 saturated heterocycles. The van der Waals surface area contributed by atoms with Gasteiger partial charge < -0.3 is 14.2 Å². The third-order valence-corrected chi connectivity index (χ3v) is 10.4. The number of hydrogen-bond donors (Lipinski definition) is 0. The SMILES string of the molecule is CCOc1cc(C)c(-c2nc3ccccc3c(=O)n2N=Cc2cc(OC)c(OCc3cccc4ccccc34)c(Br)c2Br)cc1C(C)C. The molecule has 0 aliphatic heterocycles. The fraction of sp³-hybridized carbons (Fsp3) is 0.205. The Morgan fingerprint density at radius 3 is 2.38 bits per heavy atom. The average Bonchev–Trinajstić information content (AvgIpc) is 3.09. The molecule has 0 aliphatic rings. The summed E-state index contributed by atoms with van der Waals surface area (Å²) in [5, 5.41) is 7.50. The highest BCUT2D eigenvalue weighted by Gasteiger charge is 2.20. The number of aromatic nitrogens is 2. The van der Waals surface area contributed by atoms with E-state index in [2.05, 4.69) is 76.0 Å². The van der Waals surface area contributed by atoms with Crippen molar-refractivity contribution in [3.05, 3.63) is 126 Å². The molecule has 5 aromatic carbocycles. The number of nitrogens with zero attached hydrogens (tertiary/aromatic N) is 3. The van der Waals surface area contributed by atoms with E-state index in [1.807, 2.05) is 62.4 Å². The van der Waals surface area contributed by atoms with Gasteiger partial charge in [0, 0.05) is 15.6 Å². The first kappa shape index (κ1) is 33.4. The molecule has 0 amide bonds. The van der Waals surface area contributed by atoms with Crippen LogP contribution in [0.5, 0.6) is 17.2 Å². The van der Waals surface area contributed by atoms with Crippen LogP contribution in [-0.4, -0.2) is 29.6 Å². The summed E-state index contributed by atoms with van der Waals surface area (Å²) in [5.41, 5.74) is 4.82. The van der Waals surface area contributed by atoms with Crippen LogP contribution in [0.1, 0.15) is 48.9 Å². The van der Waals surface area contributed by atoms with Gasteiger partial charge in [-0.25, -0.2) is 4.98 Å². The topological polar surface area (TPSA) is 74.9 Å². The highest BCUT2D eigenvalue weighted by molar-refractivity contribution is 9.13. The molecule has 9 heteroatoms. The van der Waals surface area contributed by atoms with E-state index < -0.39 is 0 Å². The fourth-order valence-electron chi connectivity index (χ4n) is 5.75. The van der Waals surface area contributed by atoms with Gasteiger partial charge in [0.1, 0.15) is 12.4 Å². The molecule has 0 N–H and O–H groups in total. The van der Waals surface area contributed by atoms with Crippen molar-refractivity contribution in [2.45, 2.75) is 40.2 Å². The van der Waals surface area contributed by atoms with E-state index in [0.717, 1.165) is 38.8 Å². The monoisotopic (exact) mass is 767 g/mol. The Morgan fingerprint density at radius 2 is 1.62 bits per heavy atom. The summed E-state index contributed by atoms with van der Waals surface area (Å²) in [6.07, 6.45) is 1.63. The van der Waals surface area contributed by atoms with Crippen molar-refractivity contribution >= 4 is 59.7 Å². The molecule has 0 spiro atoms. The van der Waals surface area contributed by atoms with Crippen LogP contribution in [0.25, 0.3) is 33.1 Å². The van der Waals surface area contributed by atoms with Crippen molar-refractivity contribution in [2.75, 3.05) is 13.7 Å². The highest BCUT2D eigenvalue weighted by atomic mass is 79.9. The van der Waals surface area contributed by atoms with Crippen LogP contribution < -0.4 is 19.8 Å². The number of rotatable bonds is 10. The molecule has 6 rings (SSSR count). The van der Waals surface area contributed by atoms with E-state index in [4.69, 9.17) is 24.3 Å². The van der Waals surface area contributed by atoms with Gasteiger partial charge in [0.05, 0.1) is 35.3 Å². The lowest BCUT2D eigenvalue weighted by Gasteiger charge is -2.18. The van der Waals surface area contributed by atoms with Gasteiger partial charge in [-0.05, 0) is 109 Å². The second kappa shape index (κ2) is 14.3. The minimum absolute atomic E-state index is 0.192. The summed E-state index contributed by atoms with van der Waals surface area (Å²) in [5.74, 6) is 2.52. The lowest BCUT2D eigenvalue weighted by atomic mass is 9.96. The number of hydrogen-bond acceptors (Lipinski definition) is 6. The smallest absolute Gasteiger partial charge is 0.282 e. The molecule has 1 heterocycles. The second-order valence-electron chi connectivity index (χ2n) is 11.7. The summed E-state index contributed by atoms with van der Waals surface area (Å²) in [7, 11) is 1.60. The highest BCUT2D eigenvalue weighted by Crippen LogP contribution is 2.43. The minimum Gasteiger partial charge on any atom is -0.494 e. The second-order valence-corrected chi connectivity index (χ2v) is 13.2. The molecule has 0 unspecified atom stereocenters. The summed E-state index contributed by atoms with van der Waals surface area (Å²) in [6.45, 7) is 9.11. The van der Waals surface area contributed by atoms with Crippen LogP contribution in [0.15, 0.2) is 104 Å². The zero-order valence-corrected chi connectivity index (χ0v) is 30.6. The number of para-hydroxylation sites is 1. The number of halogens is 2. The number of fused-ring (bicyclic) bond motifs is 2. The number of benzene rings is 5. The van der Waals surface area contributed by atoms with Crippen molar-refractivity contribution in [1.29, 1.82) is 0 Å². The molecule has 0 bridgehead atoms. The van der Waals surface area contributed by atoms with Crippen molar-refractivity contribution in [2.24, 2.45) is 5.10 Å². The van der Waals surface area contributed by atoms with E-state index in [0.29, 0.717) is 55.9 Å². The Bertz CT molecular complexity index is 2240. The maximum absolute atomic E-state index is 14.0. The standard InChI is InChI=1S/C39H35Br2N3O4/c1-6-47-33-18-24(4)31(20-30(33)23(2)3)38-43-32-17-10-9-16-29(32)39(45)44(38)42-21-27-19-34(46-5)37(36(41)35(27)40)48-22-26-14-11-13-25-12-7-8-15-28(25)26/h7-21,23H,6,22H2,1-5H3. The number of methoxy groups -OCH3 is 1. The van der Waals surface area contributed by atoms with Gasteiger partial charge >= 0.3 is 0 Å². The van der Waals surface area contributed by atoms with Crippen LogP contribution in [0.4, 0.5) is 0 Å². The minimum atomic E-state index is -0.275. The van der Waals surface area contributed by atoms with E-state index in [1.165, 1.54) is 4.68 Å². The lowest BCUT2D eigenvalue weighted by Crippen LogP contribution is -2.21. The van der Waals surface area contributed by atoms with Gasteiger partial charge in [-0.15, -0.1) is 0 Å². The van der Waals surface area contributed by atoms with Crippen molar-refractivity contribution in [1.82, 2.24) is 9.66 Å². The molecule has 0 radical (unpaired) electrons. The molecular formula is C39H35Br2N3O4. The molecule has 0 atom stereocenters. The first-order valence-corrected chi connectivity index (χ1v) is 17.3. The van der Waals surface area contributed by atoms with Crippen LogP contribution in [0, 0.1) is 6.92 Å². The maximum Gasteiger partial charge on any atom is 0.282 e. The molecule has 0 saturated carbocycles. The fourth-order valence-corrected chi connectivity index (χ4v) is 6.68. The van der Waals surface area contributed by atoms with Crippen molar-refractivity contribution in [3.8, 4) is 28.6 Å². The normalized spacial score (nSPS) is 11.6. The molecule has 0 aliphatic carbocycles. The molecule has 0 fully saturated rings. The zero-order valence-electron chi connectivity index (χ0n) is 27.4. The third-order valence-electron chi connectivity index (χ3n) is 8.21.